The lowest BCUT2D eigenvalue weighted by Crippen LogP contribution is -1.98. The number of benzene rings is 2. The molecule has 0 fully saturated rings. The third-order valence-corrected chi connectivity index (χ3v) is 3.31. The van der Waals surface area contributed by atoms with Crippen LogP contribution in [0.3, 0.4) is 0 Å². The summed E-state index contributed by atoms with van der Waals surface area (Å²) in [5.41, 5.74) is 1.99. The fraction of sp³-hybridized carbons (Fsp3) is 0.200. The summed E-state index contributed by atoms with van der Waals surface area (Å²) in [5, 5.41) is 0. The molecule has 0 aromatic heterocycles. The van der Waals surface area contributed by atoms with Crippen molar-refractivity contribution in [3.63, 3.8) is 0 Å². The van der Waals surface area contributed by atoms with Gasteiger partial charge in [-0.05, 0) is 58.2 Å². The van der Waals surface area contributed by atoms with Crippen LogP contribution < -0.4 is 9.47 Å². The number of methoxy groups -OCH3 is 1. The van der Waals surface area contributed by atoms with E-state index in [4.69, 9.17) is 9.47 Å². The van der Waals surface area contributed by atoms with Gasteiger partial charge in [0.15, 0.2) is 11.5 Å². The predicted octanol–water partition coefficient (Wildman–Crippen LogP) is 4.48. The summed E-state index contributed by atoms with van der Waals surface area (Å²) in [4.78, 5) is 0. The Kier molecular flexibility index (Phi) is 4.43. The first kappa shape index (κ1) is 13.9. The summed E-state index contributed by atoms with van der Waals surface area (Å²) in [5.74, 6) is 1.09. The van der Waals surface area contributed by atoms with Gasteiger partial charge >= 0.3 is 0 Å². The predicted molar refractivity (Wildman–Crippen MR) is 76.2 cm³/mol. The van der Waals surface area contributed by atoms with E-state index in [-0.39, 0.29) is 5.82 Å². The van der Waals surface area contributed by atoms with Gasteiger partial charge in [0.05, 0.1) is 11.6 Å². The Morgan fingerprint density at radius 3 is 2.58 bits per heavy atom. The van der Waals surface area contributed by atoms with E-state index in [0.717, 1.165) is 11.1 Å². The van der Waals surface area contributed by atoms with Crippen LogP contribution in [0.2, 0.25) is 0 Å². The zero-order valence-corrected chi connectivity index (χ0v) is 12.3. The second-order valence-electron chi connectivity index (χ2n) is 4.19. The van der Waals surface area contributed by atoms with Crippen LogP contribution in [0.25, 0.3) is 0 Å². The SMILES string of the molecule is COc1cc(C)ccc1OCc1ccc(F)c(Br)c1. The molecule has 2 nitrogen and oxygen atoms in total. The Balaban J connectivity index is 2.12. The molecule has 0 aliphatic rings. The average Bonchev–Trinajstić information content (AvgIpc) is 2.41. The lowest BCUT2D eigenvalue weighted by atomic mass is 10.2. The minimum Gasteiger partial charge on any atom is -0.493 e. The van der Waals surface area contributed by atoms with Gasteiger partial charge in [-0.2, -0.15) is 0 Å². The Morgan fingerprint density at radius 2 is 1.89 bits per heavy atom. The van der Waals surface area contributed by atoms with Gasteiger partial charge in [0.1, 0.15) is 12.4 Å². The maximum absolute atomic E-state index is 13.1. The van der Waals surface area contributed by atoms with E-state index in [0.29, 0.717) is 22.6 Å². The minimum absolute atomic E-state index is 0.281. The summed E-state index contributed by atoms with van der Waals surface area (Å²) in [6.45, 7) is 2.35. The molecule has 0 radical (unpaired) electrons. The van der Waals surface area contributed by atoms with Crippen molar-refractivity contribution in [2.24, 2.45) is 0 Å². The number of aryl methyl sites for hydroxylation is 1. The summed E-state index contributed by atoms with van der Waals surface area (Å²) in [6.07, 6.45) is 0. The quantitative estimate of drug-likeness (QED) is 0.825. The Morgan fingerprint density at radius 1 is 1.11 bits per heavy atom. The molecular formula is C15H14BrFO2. The van der Waals surface area contributed by atoms with Crippen molar-refractivity contribution in [1.82, 2.24) is 0 Å². The standard InChI is InChI=1S/C15H14BrFO2/c1-10-3-6-14(15(7-10)18-2)19-9-11-4-5-13(17)12(16)8-11/h3-8H,9H2,1-2H3. The van der Waals surface area contributed by atoms with Crippen molar-refractivity contribution in [3.8, 4) is 11.5 Å². The first-order valence-corrected chi connectivity index (χ1v) is 6.61. The monoisotopic (exact) mass is 324 g/mol. The van der Waals surface area contributed by atoms with E-state index >= 15 is 0 Å². The number of hydrogen-bond acceptors (Lipinski definition) is 2. The van der Waals surface area contributed by atoms with Crippen LogP contribution >= 0.6 is 15.9 Å². The van der Waals surface area contributed by atoms with Crippen LogP contribution in [0.4, 0.5) is 4.39 Å². The smallest absolute Gasteiger partial charge is 0.161 e. The van der Waals surface area contributed by atoms with Crippen LogP contribution in [0.1, 0.15) is 11.1 Å². The molecule has 0 saturated heterocycles. The van der Waals surface area contributed by atoms with Crippen LogP contribution in [-0.4, -0.2) is 7.11 Å². The average molecular weight is 325 g/mol. The normalized spacial score (nSPS) is 10.3. The van der Waals surface area contributed by atoms with Crippen LogP contribution in [-0.2, 0) is 6.61 Å². The van der Waals surface area contributed by atoms with Crippen LogP contribution in [0, 0.1) is 12.7 Å². The van der Waals surface area contributed by atoms with Gasteiger partial charge in [-0.3, -0.25) is 0 Å². The number of halogens is 2. The molecule has 0 spiro atoms. The van der Waals surface area contributed by atoms with E-state index in [1.807, 2.05) is 25.1 Å². The van der Waals surface area contributed by atoms with Gasteiger partial charge in [0.25, 0.3) is 0 Å². The number of ether oxygens (including phenoxy) is 2. The molecule has 100 valence electrons. The summed E-state index contributed by atoms with van der Waals surface area (Å²) < 4.78 is 24.5. The summed E-state index contributed by atoms with van der Waals surface area (Å²) in [6, 6.07) is 10.5. The Hall–Kier alpha value is -1.55. The third-order valence-electron chi connectivity index (χ3n) is 2.70. The van der Waals surface area contributed by atoms with E-state index in [9.17, 15) is 4.39 Å². The van der Waals surface area contributed by atoms with E-state index in [1.54, 1.807) is 19.2 Å². The van der Waals surface area contributed by atoms with Gasteiger partial charge in [-0.25, -0.2) is 4.39 Å². The van der Waals surface area contributed by atoms with Crippen molar-refractivity contribution in [2.75, 3.05) is 7.11 Å². The highest BCUT2D eigenvalue weighted by Crippen LogP contribution is 2.28. The molecule has 2 rings (SSSR count). The lowest BCUT2D eigenvalue weighted by Gasteiger charge is -2.11. The summed E-state index contributed by atoms with van der Waals surface area (Å²) >= 11 is 3.15. The first-order chi connectivity index (χ1) is 9.10. The highest BCUT2D eigenvalue weighted by Gasteiger charge is 2.06. The van der Waals surface area contributed by atoms with Gasteiger partial charge < -0.3 is 9.47 Å². The molecule has 2 aromatic rings. The van der Waals surface area contributed by atoms with E-state index in [2.05, 4.69) is 15.9 Å². The lowest BCUT2D eigenvalue weighted by molar-refractivity contribution is 0.284. The molecule has 0 bridgehead atoms. The Labute approximate surface area is 120 Å². The molecular weight excluding hydrogens is 311 g/mol. The fourth-order valence-corrected chi connectivity index (χ4v) is 2.11. The molecule has 0 atom stereocenters. The summed E-state index contributed by atoms with van der Waals surface area (Å²) in [7, 11) is 1.61. The van der Waals surface area contributed by atoms with Crippen molar-refractivity contribution in [1.29, 1.82) is 0 Å². The van der Waals surface area contributed by atoms with Crippen molar-refractivity contribution >= 4 is 15.9 Å². The van der Waals surface area contributed by atoms with Gasteiger partial charge in [-0.1, -0.05) is 12.1 Å². The number of rotatable bonds is 4. The van der Waals surface area contributed by atoms with Crippen LogP contribution in [0.15, 0.2) is 40.9 Å². The second-order valence-corrected chi connectivity index (χ2v) is 5.05. The second kappa shape index (κ2) is 6.06. The fourth-order valence-electron chi connectivity index (χ4n) is 1.68. The van der Waals surface area contributed by atoms with E-state index < -0.39 is 0 Å². The van der Waals surface area contributed by atoms with Crippen LogP contribution in [0.5, 0.6) is 11.5 Å². The first-order valence-electron chi connectivity index (χ1n) is 5.81. The Bertz CT molecular complexity index is 584. The van der Waals surface area contributed by atoms with Gasteiger partial charge in [0, 0.05) is 0 Å². The van der Waals surface area contributed by atoms with Crippen molar-refractivity contribution in [2.45, 2.75) is 13.5 Å². The van der Waals surface area contributed by atoms with Crippen molar-refractivity contribution < 1.29 is 13.9 Å². The van der Waals surface area contributed by atoms with Gasteiger partial charge in [0.2, 0.25) is 0 Å². The number of hydrogen-bond donors (Lipinski definition) is 0. The molecule has 0 aliphatic carbocycles. The molecule has 19 heavy (non-hydrogen) atoms. The molecule has 0 aliphatic heterocycles. The zero-order chi connectivity index (χ0) is 13.8. The molecule has 0 amide bonds. The molecule has 0 saturated carbocycles. The molecule has 0 unspecified atom stereocenters. The van der Waals surface area contributed by atoms with Gasteiger partial charge in [-0.15, -0.1) is 0 Å². The molecule has 0 N–H and O–H groups in total. The molecule has 2 aromatic carbocycles. The molecule has 4 heteroatoms. The zero-order valence-electron chi connectivity index (χ0n) is 10.7. The minimum atomic E-state index is -0.281. The van der Waals surface area contributed by atoms with Crippen molar-refractivity contribution in [3.05, 3.63) is 57.8 Å². The maximum Gasteiger partial charge on any atom is 0.161 e. The molecule has 0 heterocycles. The highest BCUT2D eigenvalue weighted by molar-refractivity contribution is 9.10. The van der Waals surface area contributed by atoms with E-state index in [1.165, 1.54) is 6.07 Å². The highest BCUT2D eigenvalue weighted by atomic mass is 79.9. The largest absolute Gasteiger partial charge is 0.493 e. The maximum atomic E-state index is 13.1. The topological polar surface area (TPSA) is 18.5 Å². The third kappa shape index (κ3) is 3.47.